The largest absolute Gasteiger partial charge is 0.357 e. The minimum atomic E-state index is -0.226. The van der Waals surface area contributed by atoms with E-state index in [1.54, 1.807) is 12.3 Å². The van der Waals surface area contributed by atoms with Crippen molar-refractivity contribution in [2.45, 2.75) is 40.2 Å². The van der Waals surface area contributed by atoms with Crippen molar-refractivity contribution in [2.75, 3.05) is 18.0 Å². The number of amides is 1. The smallest absolute Gasteiger partial charge is 0.251 e. The Morgan fingerprint density at radius 1 is 1.33 bits per heavy atom. The Bertz CT molecular complexity index is 406. The highest BCUT2D eigenvalue weighted by atomic mass is 16.1. The van der Waals surface area contributed by atoms with Crippen LogP contribution in [0.15, 0.2) is 18.3 Å². The van der Waals surface area contributed by atoms with Crippen LogP contribution in [0.2, 0.25) is 0 Å². The van der Waals surface area contributed by atoms with Crippen LogP contribution in [0.4, 0.5) is 5.82 Å². The highest BCUT2D eigenvalue weighted by molar-refractivity contribution is 5.95. The number of aromatic nitrogens is 1. The van der Waals surface area contributed by atoms with Gasteiger partial charge in [-0.1, -0.05) is 0 Å². The molecule has 0 atom stereocenters. The van der Waals surface area contributed by atoms with Crippen molar-refractivity contribution in [3.63, 3.8) is 0 Å². The Morgan fingerprint density at radius 3 is 2.44 bits per heavy atom. The second-order valence-electron chi connectivity index (χ2n) is 5.28. The average Bonchev–Trinajstić information content (AvgIpc) is 2.29. The Morgan fingerprint density at radius 2 is 1.94 bits per heavy atom. The summed E-state index contributed by atoms with van der Waals surface area (Å²) in [6.45, 7) is 11.8. The lowest BCUT2D eigenvalue weighted by molar-refractivity contribution is 0.0919. The van der Waals surface area contributed by atoms with E-state index in [-0.39, 0.29) is 11.4 Å². The number of hydrogen-bond donors (Lipinski definition) is 1. The van der Waals surface area contributed by atoms with Crippen LogP contribution in [0.1, 0.15) is 45.0 Å². The molecule has 0 spiro atoms. The van der Waals surface area contributed by atoms with Gasteiger partial charge in [-0.2, -0.15) is 0 Å². The van der Waals surface area contributed by atoms with Crippen LogP contribution in [0.5, 0.6) is 0 Å². The average molecular weight is 249 g/mol. The van der Waals surface area contributed by atoms with Gasteiger partial charge < -0.3 is 10.2 Å². The maximum absolute atomic E-state index is 12.1. The second kappa shape index (κ2) is 5.85. The minimum Gasteiger partial charge on any atom is -0.357 e. The quantitative estimate of drug-likeness (QED) is 0.891. The van der Waals surface area contributed by atoms with Gasteiger partial charge in [0, 0.05) is 30.4 Å². The Labute approximate surface area is 109 Å². The van der Waals surface area contributed by atoms with Crippen LogP contribution in [0.3, 0.4) is 0 Å². The summed E-state index contributed by atoms with van der Waals surface area (Å²) in [5, 5.41) is 2.95. The van der Waals surface area contributed by atoms with Crippen molar-refractivity contribution in [1.82, 2.24) is 10.3 Å². The summed E-state index contributed by atoms with van der Waals surface area (Å²) < 4.78 is 0. The van der Waals surface area contributed by atoms with E-state index >= 15 is 0 Å². The molecule has 4 nitrogen and oxygen atoms in total. The first-order valence-electron chi connectivity index (χ1n) is 6.41. The molecule has 1 N–H and O–H groups in total. The van der Waals surface area contributed by atoms with Gasteiger partial charge in [-0.15, -0.1) is 0 Å². The molecule has 18 heavy (non-hydrogen) atoms. The van der Waals surface area contributed by atoms with Gasteiger partial charge in [0.1, 0.15) is 5.82 Å². The summed E-state index contributed by atoms with van der Waals surface area (Å²) in [5.41, 5.74) is 0.428. The standard InChI is InChI=1S/C14H23N3O/c1-6-17(7-2)12-10-11(8-9-15-12)13(18)16-14(3,4)5/h8-10H,6-7H2,1-5H3,(H,16,18). The summed E-state index contributed by atoms with van der Waals surface area (Å²) in [6, 6.07) is 3.59. The molecule has 0 fully saturated rings. The van der Waals surface area contributed by atoms with E-state index in [2.05, 4.69) is 29.0 Å². The van der Waals surface area contributed by atoms with E-state index in [4.69, 9.17) is 0 Å². The van der Waals surface area contributed by atoms with Crippen molar-refractivity contribution in [3.05, 3.63) is 23.9 Å². The molecule has 0 saturated carbocycles. The zero-order valence-corrected chi connectivity index (χ0v) is 11.9. The van der Waals surface area contributed by atoms with Crippen molar-refractivity contribution < 1.29 is 4.79 Å². The lowest BCUT2D eigenvalue weighted by atomic mass is 10.1. The number of carbonyl (C=O) groups excluding carboxylic acids is 1. The molecular weight excluding hydrogens is 226 g/mol. The minimum absolute atomic E-state index is 0.0571. The lowest BCUT2D eigenvalue weighted by Gasteiger charge is -2.22. The number of pyridine rings is 1. The lowest BCUT2D eigenvalue weighted by Crippen LogP contribution is -2.40. The molecule has 1 rings (SSSR count). The number of rotatable bonds is 4. The van der Waals surface area contributed by atoms with E-state index in [9.17, 15) is 4.79 Å². The maximum atomic E-state index is 12.1. The fourth-order valence-electron chi connectivity index (χ4n) is 1.69. The van der Waals surface area contributed by atoms with Crippen molar-refractivity contribution in [1.29, 1.82) is 0 Å². The van der Waals surface area contributed by atoms with Crippen LogP contribution in [0, 0.1) is 0 Å². The van der Waals surface area contributed by atoms with Crippen LogP contribution in [-0.2, 0) is 0 Å². The molecule has 0 unspecified atom stereocenters. The predicted molar refractivity (Wildman–Crippen MR) is 75.0 cm³/mol. The zero-order valence-electron chi connectivity index (χ0n) is 11.9. The van der Waals surface area contributed by atoms with Gasteiger partial charge >= 0.3 is 0 Å². The van der Waals surface area contributed by atoms with E-state index < -0.39 is 0 Å². The predicted octanol–water partition coefficient (Wildman–Crippen LogP) is 2.46. The van der Waals surface area contributed by atoms with Gasteiger partial charge in [-0.3, -0.25) is 4.79 Å². The number of nitrogens with zero attached hydrogens (tertiary/aromatic N) is 2. The highest BCUT2D eigenvalue weighted by Gasteiger charge is 2.16. The van der Waals surface area contributed by atoms with Gasteiger partial charge in [0.2, 0.25) is 0 Å². The summed E-state index contributed by atoms with van der Waals surface area (Å²) in [5.74, 6) is 0.792. The SMILES string of the molecule is CCN(CC)c1cc(C(=O)NC(C)(C)C)ccn1. The highest BCUT2D eigenvalue weighted by Crippen LogP contribution is 2.13. The molecule has 0 radical (unpaired) electrons. The van der Waals surface area contributed by atoms with E-state index in [1.165, 1.54) is 0 Å². The maximum Gasteiger partial charge on any atom is 0.251 e. The van der Waals surface area contributed by atoms with Crippen molar-refractivity contribution in [3.8, 4) is 0 Å². The van der Waals surface area contributed by atoms with Crippen LogP contribution >= 0.6 is 0 Å². The molecule has 100 valence electrons. The number of nitrogens with one attached hydrogen (secondary N) is 1. The first-order chi connectivity index (χ1) is 8.37. The monoisotopic (exact) mass is 249 g/mol. The van der Waals surface area contributed by atoms with E-state index in [0.717, 1.165) is 18.9 Å². The fourth-order valence-corrected chi connectivity index (χ4v) is 1.69. The normalized spacial score (nSPS) is 11.2. The van der Waals surface area contributed by atoms with Crippen molar-refractivity contribution in [2.24, 2.45) is 0 Å². The third kappa shape index (κ3) is 4.02. The molecule has 0 bridgehead atoms. The Kier molecular flexibility index (Phi) is 4.70. The molecule has 1 heterocycles. The van der Waals surface area contributed by atoms with E-state index in [1.807, 2.05) is 26.8 Å². The molecule has 0 saturated heterocycles. The first kappa shape index (κ1) is 14.5. The second-order valence-corrected chi connectivity index (χ2v) is 5.28. The van der Waals surface area contributed by atoms with Gasteiger partial charge in [-0.05, 0) is 46.8 Å². The number of carbonyl (C=O) groups is 1. The topological polar surface area (TPSA) is 45.2 Å². The van der Waals surface area contributed by atoms with Crippen LogP contribution in [0.25, 0.3) is 0 Å². The van der Waals surface area contributed by atoms with Crippen molar-refractivity contribution >= 4 is 11.7 Å². The van der Waals surface area contributed by atoms with Gasteiger partial charge in [0.25, 0.3) is 5.91 Å². The number of anilines is 1. The third-order valence-electron chi connectivity index (χ3n) is 2.58. The Balaban J connectivity index is 2.91. The summed E-state index contributed by atoms with van der Waals surface area (Å²) in [6.07, 6.45) is 1.69. The Hall–Kier alpha value is -1.58. The molecule has 1 aromatic rings. The number of hydrogen-bond acceptors (Lipinski definition) is 3. The molecule has 4 heteroatoms. The van der Waals surface area contributed by atoms with Gasteiger partial charge in [-0.25, -0.2) is 4.98 Å². The fraction of sp³-hybridized carbons (Fsp3) is 0.571. The molecule has 1 aromatic heterocycles. The molecule has 0 aliphatic carbocycles. The van der Waals surface area contributed by atoms with E-state index in [0.29, 0.717) is 5.56 Å². The first-order valence-corrected chi connectivity index (χ1v) is 6.41. The van der Waals surface area contributed by atoms with Crippen LogP contribution in [-0.4, -0.2) is 29.5 Å². The third-order valence-corrected chi connectivity index (χ3v) is 2.58. The van der Waals surface area contributed by atoms with Gasteiger partial charge in [0.05, 0.1) is 0 Å². The summed E-state index contributed by atoms with van der Waals surface area (Å²) in [4.78, 5) is 18.5. The molecule has 0 aromatic carbocycles. The molecular formula is C14H23N3O. The summed E-state index contributed by atoms with van der Waals surface area (Å²) >= 11 is 0. The summed E-state index contributed by atoms with van der Waals surface area (Å²) in [7, 11) is 0. The van der Waals surface area contributed by atoms with Gasteiger partial charge in [0.15, 0.2) is 0 Å². The molecule has 1 amide bonds. The zero-order chi connectivity index (χ0) is 13.8. The molecule has 0 aliphatic heterocycles. The van der Waals surface area contributed by atoms with Crippen LogP contribution < -0.4 is 10.2 Å². The molecule has 0 aliphatic rings.